The third-order valence-corrected chi connectivity index (χ3v) is 11.5. The van der Waals surface area contributed by atoms with E-state index < -0.39 is 6.10 Å². The van der Waals surface area contributed by atoms with Gasteiger partial charge in [-0.15, -0.1) is 0 Å². The number of hydrogen-bond acceptors (Lipinski definition) is 6. The van der Waals surface area contributed by atoms with E-state index in [1.807, 2.05) is 48.6 Å². The first-order chi connectivity index (χ1) is 32.5. The van der Waals surface area contributed by atoms with E-state index in [1.165, 1.54) is 128 Å². The zero-order chi connectivity index (χ0) is 47.9. The molecule has 0 aromatic heterocycles. The highest BCUT2D eigenvalue weighted by Gasteiger charge is 2.19. The molecule has 0 amide bonds. The van der Waals surface area contributed by atoms with Crippen molar-refractivity contribution in [1.82, 2.24) is 0 Å². The Labute approximate surface area is 407 Å². The van der Waals surface area contributed by atoms with Gasteiger partial charge in [0.1, 0.15) is 13.2 Å². The highest BCUT2D eigenvalue weighted by Crippen LogP contribution is 2.15. The van der Waals surface area contributed by atoms with Gasteiger partial charge in [-0.1, -0.05) is 253 Å². The van der Waals surface area contributed by atoms with Gasteiger partial charge in [0.15, 0.2) is 6.10 Å². The minimum absolute atomic E-state index is 0.114. The molecular formula is C60H100O6. The van der Waals surface area contributed by atoms with Crippen molar-refractivity contribution in [1.29, 1.82) is 0 Å². The number of ether oxygens (including phenoxy) is 3. The predicted molar refractivity (Wildman–Crippen MR) is 284 cm³/mol. The summed E-state index contributed by atoms with van der Waals surface area (Å²) in [6.07, 6.45) is 71.1. The van der Waals surface area contributed by atoms with Gasteiger partial charge in [-0.2, -0.15) is 0 Å². The molecule has 0 aromatic rings. The molecular weight excluding hydrogens is 817 g/mol. The van der Waals surface area contributed by atoms with Gasteiger partial charge < -0.3 is 14.2 Å². The van der Waals surface area contributed by atoms with Gasteiger partial charge >= 0.3 is 17.9 Å². The molecule has 6 heteroatoms. The molecule has 1 atom stereocenters. The van der Waals surface area contributed by atoms with Crippen molar-refractivity contribution in [3.05, 3.63) is 97.2 Å². The first-order valence-electron chi connectivity index (χ1n) is 27.3. The van der Waals surface area contributed by atoms with Crippen molar-refractivity contribution in [2.75, 3.05) is 13.2 Å². The summed E-state index contributed by atoms with van der Waals surface area (Å²) in [5.74, 6) is -1.00. The topological polar surface area (TPSA) is 78.9 Å². The van der Waals surface area contributed by atoms with E-state index in [0.717, 1.165) is 70.6 Å². The Morgan fingerprint density at radius 3 is 1.14 bits per heavy atom. The van der Waals surface area contributed by atoms with E-state index in [1.54, 1.807) is 0 Å². The molecule has 0 saturated carbocycles. The summed E-state index contributed by atoms with van der Waals surface area (Å²) in [6, 6.07) is 0. The molecule has 0 bridgehead atoms. The molecule has 6 nitrogen and oxygen atoms in total. The normalized spacial score (nSPS) is 12.8. The van der Waals surface area contributed by atoms with Gasteiger partial charge in [0.2, 0.25) is 0 Å². The fourth-order valence-corrected chi connectivity index (χ4v) is 7.36. The van der Waals surface area contributed by atoms with E-state index in [4.69, 9.17) is 14.2 Å². The predicted octanol–water partition coefficient (Wildman–Crippen LogP) is 18.1. The van der Waals surface area contributed by atoms with Crippen molar-refractivity contribution >= 4 is 17.9 Å². The largest absolute Gasteiger partial charge is 0.462 e. The molecule has 0 heterocycles. The summed E-state index contributed by atoms with van der Waals surface area (Å²) in [4.78, 5) is 38.0. The van der Waals surface area contributed by atoms with E-state index in [0.29, 0.717) is 19.3 Å². The monoisotopic (exact) mass is 917 g/mol. The van der Waals surface area contributed by atoms with Crippen molar-refractivity contribution in [2.45, 2.75) is 252 Å². The maximum atomic E-state index is 12.8. The van der Waals surface area contributed by atoms with E-state index in [-0.39, 0.29) is 37.5 Å². The summed E-state index contributed by atoms with van der Waals surface area (Å²) in [5.41, 5.74) is 0. The van der Waals surface area contributed by atoms with Gasteiger partial charge in [-0.3, -0.25) is 14.4 Å². The fourth-order valence-electron chi connectivity index (χ4n) is 7.36. The van der Waals surface area contributed by atoms with Crippen LogP contribution < -0.4 is 0 Å². The number of esters is 3. The number of allylic oxidation sites excluding steroid dienone is 16. The van der Waals surface area contributed by atoms with Crippen molar-refractivity contribution < 1.29 is 28.6 Å². The second-order valence-electron chi connectivity index (χ2n) is 17.9. The molecule has 0 aliphatic carbocycles. The lowest BCUT2D eigenvalue weighted by molar-refractivity contribution is -0.167. The van der Waals surface area contributed by atoms with Crippen LogP contribution in [0.15, 0.2) is 97.2 Å². The standard InChI is InChI=1S/C60H100O6/c1-4-7-10-13-16-19-22-25-28-30-33-35-38-41-44-47-50-53-59(62)65-56-57(55-64-58(61)52-49-46-43-40-37-34-31-27-24-21-18-15-12-9-6-3)66-60(63)54-51-48-45-42-39-36-32-29-26-23-20-17-14-11-8-5-2/h9,12,15,18,21,24-25,27-28,31,33-35,37,41,44,57H,4-8,10-11,13-14,16-17,19-20,22-23,26,29-30,32,36,38-40,42-43,45-56H2,1-3H3/b12-9-,18-15-,24-21-,28-25-,31-27-,35-33-,37-34-,44-41-. The van der Waals surface area contributed by atoms with Crippen LogP contribution in [0.3, 0.4) is 0 Å². The molecule has 0 rings (SSSR count). The SMILES string of the molecule is CC\C=C/C=C\C=C/C=C\C=C/CCCCCC(=O)OCC(COC(=O)CCC/C=C\C/C=C\C/C=C\CCCCCCCC)OC(=O)CCCCCCCCCCCCCCCCCC. The number of carbonyl (C=O) groups is 3. The molecule has 0 radical (unpaired) electrons. The van der Waals surface area contributed by atoms with Crippen LogP contribution in [0, 0.1) is 0 Å². The number of carbonyl (C=O) groups excluding carboxylic acids is 3. The lowest BCUT2D eigenvalue weighted by atomic mass is 10.0. The average molecular weight is 917 g/mol. The van der Waals surface area contributed by atoms with Crippen LogP contribution in [0.1, 0.15) is 245 Å². The molecule has 0 aliphatic rings. The third-order valence-electron chi connectivity index (χ3n) is 11.5. The summed E-state index contributed by atoms with van der Waals surface area (Å²) < 4.78 is 16.8. The van der Waals surface area contributed by atoms with Gasteiger partial charge in [-0.05, 0) is 70.6 Å². The quantitative estimate of drug-likeness (QED) is 0.0199. The van der Waals surface area contributed by atoms with Crippen LogP contribution in [-0.4, -0.2) is 37.2 Å². The third kappa shape index (κ3) is 51.3. The van der Waals surface area contributed by atoms with Gasteiger partial charge in [0.05, 0.1) is 0 Å². The maximum absolute atomic E-state index is 12.8. The second-order valence-corrected chi connectivity index (χ2v) is 17.9. The van der Waals surface area contributed by atoms with Gasteiger partial charge in [-0.25, -0.2) is 0 Å². The summed E-state index contributed by atoms with van der Waals surface area (Å²) in [5, 5.41) is 0. The minimum atomic E-state index is -0.814. The average Bonchev–Trinajstić information content (AvgIpc) is 3.31. The van der Waals surface area contributed by atoms with Crippen LogP contribution in [0.4, 0.5) is 0 Å². The molecule has 1 unspecified atom stereocenters. The van der Waals surface area contributed by atoms with Crippen molar-refractivity contribution in [3.63, 3.8) is 0 Å². The van der Waals surface area contributed by atoms with E-state index >= 15 is 0 Å². The maximum Gasteiger partial charge on any atom is 0.306 e. The Bertz CT molecular complexity index is 1330. The molecule has 66 heavy (non-hydrogen) atoms. The number of unbranched alkanes of at least 4 members (excludes halogenated alkanes) is 25. The summed E-state index contributed by atoms with van der Waals surface area (Å²) in [7, 11) is 0. The highest BCUT2D eigenvalue weighted by atomic mass is 16.6. The minimum Gasteiger partial charge on any atom is -0.462 e. The lowest BCUT2D eigenvalue weighted by Gasteiger charge is -2.18. The Morgan fingerprint density at radius 1 is 0.333 bits per heavy atom. The van der Waals surface area contributed by atoms with Crippen LogP contribution in [0.2, 0.25) is 0 Å². The first kappa shape index (κ1) is 62.3. The molecule has 0 saturated heterocycles. The molecule has 0 aliphatic heterocycles. The van der Waals surface area contributed by atoms with Crippen LogP contribution in [-0.2, 0) is 28.6 Å². The number of hydrogen-bond donors (Lipinski definition) is 0. The molecule has 0 fully saturated rings. The highest BCUT2D eigenvalue weighted by molar-refractivity contribution is 5.71. The Hall–Kier alpha value is -3.67. The molecule has 0 aromatic carbocycles. The molecule has 0 N–H and O–H groups in total. The zero-order valence-corrected chi connectivity index (χ0v) is 42.9. The van der Waals surface area contributed by atoms with Crippen LogP contribution >= 0.6 is 0 Å². The Kier molecular flexibility index (Phi) is 50.9. The zero-order valence-electron chi connectivity index (χ0n) is 42.9. The Morgan fingerprint density at radius 2 is 0.667 bits per heavy atom. The lowest BCUT2D eigenvalue weighted by Crippen LogP contribution is -2.30. The summed E-state index contributed by atoms with van der Waals surface area (Å²) in [6.45, 7) is 6.42. The first-order valence-corrected chi connectivity index (χ1v) is 27.3. The summed E-state index contributed by atoms with van der Waals surface area (Å²) >= 11 is 0. The van der Waals surface area contributed by atoms with Crippen molar-refractivity contribution in [3.8, 4) is 0 Å². The molecule has 0 spiro atoms. The van der Waals surface area contributed by atoms with Gasteiger partial charge in [0, 0.05) is 19.3 Å². The fraction of sp³-hybridized carbons (Fsp3) is 0.683. The Balaban J connectivity index is 4.52. The van der Waals surface area contributed by atoms with Crippen LogP contribution in [0.5, 0.6) is 0 Å². The van der Waals surface area contributed by atoms with E-state index in [9.17, 15) is 14.4 Å². The van der Waals surface area contributed by atoms with Crippen LogP contribution in [0.25, 0.3) is 0 Å². The molecule has 376 valence electrons. The number of rotatable bonds is 48. The van der Waals surface area contributed by atoms with Crippen molar-refractivity contribution in [2.24, 2.45) is 0 Å². The second kappa shape index (κ2) is 53.9. The smallest absolute Gasteiger partial charge is 0.306 e. The van der Waals surface area contributed by atoms with E-state index in [2.05, 4.69) is 69.4 Å². The van der Waals surface area contributed by atoms with Gasteiger partial charge in [0.25, 0.3) is 0 Å².